The third-order valence-corrected chi connectivity index (χ3v) is 5.45. The highest BCUT2D eigenvalue weighted by Crippen LogP contribution is 2.21. The first kappa shape index (κ1) is 17.7. The van der Waals surface area contributed by atoms with Gasteiger partial charge >= 0.3 is 0 Å². The zero-order valence-corrected chi connectivity index (χ0v) is 15.1. The molecule has 128 valence electrons. The van der Waals surface area contributed by atoms with Crippen molar-refractivity contribution in [1.29, 1.82) is 0 Å². The molecular weight excluding hydrogens is 314 g/mol. The number of benzene rings is 1. The van der Waals surface area contributed by atoms with Crippen LogP contribution in [0, 0.1) is 13.8 Å². The second-order valence-corrected chi connectivity index (χ2v) is 8.13. The van der Waals surface area contributed by atoms with Crippen LogP contribution >= 0.6 is 0 Å². The lowest BCUT2D eigenvalue weighted by molar-refractivity contribution is -0.131. The number of anilines is 1. The van der Waals surface area contributed by atoms with Gasteiger partial charge in [-0.1, -0.05) is 6.07 Å². The molecule has 6 nitrogen and oxygen atoms in total. The maximum absolute atomic E-state index is 12.5. The summed E-state index contributed by atoms with van der Waals surface area (Å²) in [7, 11) is -1.50. The minimum Gasteiger partial charge on any atom is -0.339 e. The van der Waals surface area contributed by atoms with E-state index in [0.29, 0.717) is 18.8 Å². The molecule has 0 atom stereocenters. The van der Waals surface area contributed by atoms with Crippen LogP contribution in [0.3, 0.4) is 0 Å². The number of aryl methyl sites for hydroxylation is 2. The third-order valence-electron chi connectivity index (χ3n) is 4.31. The molecule has 0 radical (unpaired) electrons. The fraction of sp³-hybridized carbons (Fsp3) is 0.562. The average molecular weight is 339 g/mol. The van der Waals surface area contributed by atoms with E-state index in [1.807, 2.05) is 33.0 Å². The van der Waals surface area contributed by atoms with Crippen LogP contribution in [-0.2, 0) is 14.8 Å². The molecular formula is C16H25N3O3S. The number of sulfonamides is 1. The summed E-state index contributed by atoms with van der Waals surface area (Å²) in [6, 6.07) is 5.44. The molecule has 23 heavy (non-hydrogen) atoms. The minimum atomic E-state index is -3.52. The van der Waals surface area contributed by atoms with E-state index >= 15 is 0 Å². The predicted octanol–water partition coefficient (Wildman–Crippen LogP) is 0.843. The molecule has 0 saturated carbocycles. The van der Waals surface area contributed by atoms with Crippen molar-refractivity contribution in [1.82, 2.24) is 9.80 Å². The van der Waals surface area contributed by atoms with Gasteiger partial charge in [0.25, 0.3) is 0 Å². The molecule has 1 aromatic rings. The predicted molar refractivity (Wildman–Crippen MR) is 92.2 cm³/mol. The summed E-state index contributed by atoms with van der Waals surface area (Å²) in [6.07, 6.45) is 1.14. The van der Waals surface area contributed by atoms with E-state index in [1.165, 1.54) is 4.31 Å². The first-order valence-corrected chi connectivity index (χ1v) is 9.54. The summed E-state index contributed by atoms with van der Waals surface area (Å²) < 4.78 is 25.5. The van der Waals surface area contributed by atoms with Crippen LogP contribution in [-0.4, -0.2) is 70.2 Å². The zero-order valence-electron chi connectivity index (χ0n) is 14.2. The Bertz CT molecular complexity index is 680. The van der Waals surface area contributed by atoms with E-state index in [0.717, 1.165) is 30.5 Å². The summed E-state index contributed by atoms with van der Waals surface area (Å²) >= 11 is 0. The van der Waals surface area contributed by atoms with Crippen LogP contribution in [0.4, 0.5) is 5.69 Å². The van der Waals surface area contributed by atoms with Gasteiger partial charge in [0.2, 0.25) is 15.9 Å². The Kier molecular flexibility index (Phi) is 5.31. The summed E-state index contributed by atoms with van der Waals surface area (Å²) in [5.41, 5.74) is 2.63. The van der Waals surface area contributed by atoms with Crippen molar-refractivity contribution in [3.8, 4) is 0 Å². The number of hydrogen-bond donors (Lipinski definition) is 0. The van der Waals surface area contributed by atoms with Gasteiger partial charge in [-0.15, -0.1) is 0 Å². The van der Waals surface area contributed by atoms with Gasteiger partial charge in [-0.25, -0.2) is 8.42 Å². The quantitative estimate of drug-likeness (QED) is 0.816. The van der Waals surface area contributed by atoms with E-state index in [-0.39, 0.29) is 12.5 Å². The third kappa shape index (κ3) is 4.45. The molecule has 2 rings (SSSR count). The molecule has 1 heterocycles. The highest BCUT2D eigenvalue weighted by molar-refractivity contribution is 7.92. The lowest BCUT2D eigenvalue weighted by Gasteiger charge is -2.34. The first-order chi connectivity index (χ1) is 10.7. The smallest absolute Gasteiger partial charge is 0.243 e. The summed E-state index contributed by atoms with van der Waals surface area (Å²) in [5.74, 6) is -0.151. The van der Waals surface area contributed by atoms with E-state index in [2.05, 4.69) is 4.90 Å². The van der Waals surface area contributed by atoms with Crippen molar-refractivity contribution in [3.05, 3.63) is 29.3 Å². The largest absolute Gasteiger partial charge is 0.339 e. The Balaban J connectivity index is 2.19. The number of nitrogens with zero attached hydrogens (tertiary/aromatic N) is 3. The summed E-state index contributed by atoms with van der Waals surface area (Å²) in [6.45, 7) is 6.66. The molecule has 0 spiro atoms. The maximum atomic E-state index is 12.5. The average Bonchev–Trinajstić information content (AvgIpc) is 2.47. The number of carbonyl (C=O) groups excluding carboxylic acids is 1. The fourth-order valence-electron chi connectivity index (χ4n) is 2.56. The van der Waals surface area contributed by atoms with Gasteiger partial charge in [0.15, 0.2) is 0 Å². The highest BCUT2D eigenvalue weighted by atomic mass is 32.2. The minimum absolute atomic E-state index is 0.148. The fourth-order valence-corrected chi connectivity index (χ4v) is 3.40. The van der Waals surface area contributed by atoms with Crippen molar-refractivity contribution < 1.29 is 13.2 Å². The van der Waals surface area contributed by atoms with Crippen LogP contribution in [0.1, 0.15) is 11.1 Å². The lowest BCUT2D eigenvalue weighted by atomic mass is 10.1. The van der Waals surface area contributed by atoms with Gasteiger partial charge in [0.1, 0.15) is 6.54 Å². The van der Waals surface area contributed by atoms with Crippen molar-refractivity contribution >= 4 is 21.6 Å². The molecule has 0 N–H and O–H groups in total. The topological polar surface area (TPSA) is 60.9 Å². The molecule has 1 aliphatic rings. The molecule has 1 fully saturated rings. The van der Waals surface area contributed by atoms with Crippen LogP contribution in [0.2, 0.25) is 0 Å². The number of likely N-dealkylation sites (N-methyl/N-ethyl adjacent to an activating group) is 1. The monoisotopic (exact) mass is 339 g/mol. The van der Waals surface area contributed by atoms with E-state index in [9.17, 15) is 13.2 Å². The van der Waals surface area contributed by atoms with Crippen LogP contribution in [0.15, 0.2) is 18.2 Å². The van der Waals surface area contributed by atoms with Gasteiger partial charge in [-0.05, 0) is 44.2 Å². The van der Waals surface area contributed by atoms with E-state index in [4.69, 9.17) is 0 Å². The second-order valence-electron chi connectivity index (χ2n) is 6.22. The molecule has 1 aliphatic heterocycles. The Morgan fingerprint density at radius 1 is 1.13 bits per heavy atom. The Labute approximate surface area is 138 Å². The van der Waals surface area contributed by atoms with Gasteiger partial charge in [-0.3, -0.25) is 9.10 Å². The molecule has 0 bridgehead atoms. The van der Waals surface area contributed by atoms with Crippen LogP contribution < -0.4 is 4.31 Å². The molecule has 0 aliphatic carbocycles. The molecule has 1 amide bonds. The van der Waals surface area contributed by atoms with Crippen LogP contribution in [0.25, 0.3) is 0 Å². The first-order valence-electron chi connectivity index (χ1n) is 7.70. The Morgan fingerprint density at radius 2 is 1.74 bits per heavy atom. The van der Waals surface area contributed by atoms with Gasteiger partial charge in [0.05, 0.1) is 11.9 Å². The number of piperazine rings is 1. The molecule has 1 saturated heterocycles. The van der Waals surface area contributed by atoms with E-state index < -0.39 is 10.0 Å². The highest BCUT2D eigenvalue weighted by Gasteiger charge is 2.25. The SMILES string of the molecule is Cc1ccc(N(CC(=O)N2CCN(C)CC2)S(C)(=O)=O)cc1C. The number of rotatable bonds is 4. The van der Waals surface area contributed by atoms with E-state index in [1.54, 1.807) is 11.0 Å². The molecule has 7 heteroatoms. The molecule has 0 aromatic heterocycles. The lowest BCUT2D eigenvalue weighted by Crippen LogP contribution is -2.50. The Hall–Kier alpha value is -1.60. The van der Waals surface area contributed by atoms with Crippen molar-refractivity contribution in [2.75, 3.05) is 50.3 Å². The second kappa shape index (κ2) is 6.88. The molecule has 1 aromatic carbocycles. The van der Waals surface area contributed by atoms with Gasteiger partial charge in [0, 0.05) is 26.2 Å². The summed E-state index contributed by atoms with van der Waals surface area (Å²) in [5, 5.41) is 0. The van der Waals surface area contributed by atoms with Crippen molar-refractivity contribution in [3.63, 3.8) is 0 Å². The number of hydrogen-bond acceptors (Lipinski definition) is 4. The standard InChI is InChI=1S/C16H25N3O3S/c1-13-5-6-15(11-14(13)2)19(23(4,21)22)12-16(20)18-9-7-17(3)8-10-18/h5-6,11H,7-10,12H2,1-4H3. The maximum Gasteiger partial charge on any atom is 0.243 e. The molecule has 0 unspecified atom stereocenters. The van der Waals surface area contributed by atoms with Crippen molar-refractivity contribution in [2.24, 2.45) is 0 Å². The summed E-state index contributed by atoms with van der Waals surface area (Å²) in [4.78, 5) is 16.4. The van der Waals surface area contributed by atoms with Crippen molar-refractivity contribution in [2.45, 2.75) is 13.8 Å². The Morgan fingerprint density at radius 3 is 2.26 bits per heavy atom. The van der Waals surface area contributed by atoms with Gasteiger partial charge < -0.3 is 9.80 Å². The normalized spacial score (nSPS) is 16.4. The van der Waals surface area contributed by atoms with Crippen LogP contribution in [0.5, 0.6) is 0 Å². The zero-order chi connectivity index (χ0) is 17.2. The number of carbonyl (C=O) groups is 1. The van der Waals surface area contributed by atoms with Gasteiger partial charge in [-0.2, -0.15) is 0 Å². The number of amides is 1.